The lowest BCUT2D eigenvalue weighted by atomic mass is 10.0. The molecular weight excluding hydrogens is 334 g/mol. The molecule has 1 unspecified atom stereocenters. The predicted molar refractivity (Wildman–Crippen MR) is 114 cm³/mol. The van der Waals surface area contributed by atoms with Crippen molar-refractivity contribution in [3.63, 3.8) is 0 Å². The maximum atomic E-state index is 12.1. The molecule has 1 heterocycles. The van der Waals surface area contributed by atoms with Gasteiger partial charge in [-0.1, -0.05) is 38.1 Å². The SMILES string of the molecule is CCCN(CCCCN1CCNCCC1=O)C(C)Cc1ccc(CC)cc1. The van der Waals surface area contributed by atoms with Gasteiger partial charge in [-0.05, 0) is 63.2 Å². The van der Waals surface area contributed by atoms with Gasteiger partial charge in [0.25, 0.3) is 0 Å². The topological polar surface area (TPSA) is 35.6 Å². The number of carbonyl (C=O) groups is 1. The maximum absolute atomic E-state index is 12.1. The van der Waals surface area contributed by atoms with Crippen LogP contribution >= 0.6 is 0 Å². The highest BCUT2D eigenvalue weighted by Crippen LogP contribution is 2.13. The van der Waals surface area contributed by atoms with Gasteiger partial charge in [-0.3, -0.25) is 4.79 Å². The Morgan fingerprint density at radius 1 is 1.07 bits per heavy atom. The summed E-state index contributed by atoms with van der Waals surface area (Å²) >= 11 is 0. The van der Waals surface area contributed by atoms with E-state index in [0.717, 1.165) is 65.0 Å². The molecule has 0 aromatic heterocycles. The van der Waals surface area contributed by atoms with Crippen LogP contribution in [-0.4, -0.2) is 61.0 Å². The van der Waals surface area contributed by atoms with Crippen molar-refractivity contribution in [3.8, 4) is 0 Å². The number of nitrogens with one attached hydrogen (secondary N) is 1. The first-order valence-corrected chi connectivity index (χ1v) is 10.9. The number of carbonyl (C=O) groups excluding carboxylic acids is 1. The Bertz CT molecular complexity index is 543. The second kappa shape index (κ2) is 12.1. The van der Waals surface area contributed by atoms with Gasteiger partial charge in [-0.25, -0.2) is 0 Å². The zero-order chi connectivity index (χ0) is 19.5. The molecule has 1 atom stereocenters. The Morgan fingerprint density at radius 3 is 2.52 bits per heavy atom. The van der Waals surface area contributed by atoms with Crippen LogP contribution in [0.5, 0.6) is 0 Å². The highest BCUT2D eigenvalue weighted by Gasteiger charge is 2.17. The number of amides is 1. The minimum Gasteiger partial charge on any atom is -0.341 e. The third-order valence-corrected chi connectivity index (χ3v) is 5.65. The van der Waals surface area contributed by atoms with Crippen LogP contribution in [0.1, 0.15) is 57.6 Å². The van der Waals surface area contributed by atoms with E-state index < -0.39 is 0 Å². The summed E-state index contributed by atoms with van der Waals surface area (Å²) in [5.41, 5.74) is 2.85. The first kappa shape index (κ1) is 21.9. The Hall–Kier alpha value is -1.39. The van der Waals surface area contributed by atoms with E-state index in [1.54, 1.807) is 0 Å². The van der Waals surface area contributed by atoms with Crippen molar-refractivity contribution < 1.29 is 4.79 Å². The van der Waals surface area contributed by atoms with E-state index in [0.29, 0.717) is 18.4 Å². The molecule has 0 bridgehead atoms. The number of nitrogens with zero attached hydrogens (tertiary/aromatic N) is 2. The molecule has 1 aliphatic rings. The van der Waals surface area contributed by atoms with E-state index >= 15 is 0 Å². The summed E-state index contributed by atoms with van der Waals surface area (Å²) in [6.07, 6.45) is 6.32. The van der Waals surface area contributed by atoms with Gasteiger partial charge in [0.15, 0.2) is 0 Å². The van der Waals surface area contributed by atoms with Crippen molar-refractivity contribution in [1.29, 1.82) is 0 Å². The average molecular weight is 374 g/mol. The molecule has 4 nitrogen and oxygen atoms in total. The Balaban J connectivity index is 1.76. The summed E-state index contributed by atoms with van der Waals surface area (Å²) in [6.45, 7) is 12.6. The van der Waals surface area contributed by atoms with Gasteiger partial charge >= 0.3 is 0 Å². The smallest absolute Gasteiger partial charge is 0.223 e. The van der Waals surface area contributed by atoms with Gasteiger partial charge in [0, 0.05) is 38.6 Å². The van der Waals surface area contributed by atoms with Gasteiger partial charge < -0.3 is 15.1 Å². The molecule has 1 saturated heterocycles. The Morgan fingerprint density at radius 2 is 1.81 bits per heavy atom. The second-order valence-corrected chi connectivity index (χ2v) is 7.85. The molecule has 1 aromatic rings. The molecule has 2 rings (SSSR count). The summed E-state index contributed by atoms with van der Waals surface area (Å²) in [4.78, 5) is 16.7. The fourth-order valence-corrected chi connectivity index (χ4v) is 3.89. The summed E-state index contributed by atoms with van der Waals surface area (Å²) in [6, 6.07) is 9.66. The van der Waals surface area contributed by atoms with Gasteiger partial charge in [-0.15, -0.1) is 0 Å². The predicted octanol–water partition coefficient (Wildman–Crippen LogP) is 3.49. The molecule has 1 N–H and O–H groups in total. The molecule has 0 aliphatic carbocycles. The number of rotatable bonds is 11. The van der Waals surface area contributed by atoms with Crippen molar-refractivity contribution in [3.05, 3.63) is 35.4 Å². The van der Waals surface area contributed by atoms with E-state index in [4.69, 9.17) is 0 Å². The third kappa shape index (κ3) is 7.63. The first-order valence-electron chi connectivity index (χ1n) is 10.9. The van der Waals surface area contributed by atoms with E-state index in [-0.39, 0.29) is 0 Å². The normalized spacial score (nSPS) is 16.6. The monoisotopic (exact) mass is 373 g/mol. The van der Waals surface area contributed by atoms with E-state index in [1.165, 1.54) is 17.5 Å². The second-order valence-electron chi connectivity index (χ2n) is 7.85. The van der Waals surface area contributed by atoms with Crippen LogP contribution < -0.4 is 5.32 Å². The maximum Gasteiger partial charge on any atom is 0.223 e. The number of hydrogen-bond acceptors (Lipinski definition) is 3. The first-order chi connectivity index (χ1) is 13.1. The number of aryl methyl sites for hydroxylation is 1. The largest absolute Gasteiger partial charge is 0.341 e. The number of hydrogen-bond donors (Lipinski definition) is 1. The summed E-state index contributed by atoms with van der Waals surface area (Å²) in [5.74, 6) is 0.314. The quantitative estimate of drug-likeness (QED) is 0.603. The molecular formula is C23H39N3O. The fraction of sp³-hybridized carbons (Fsp3) is 0.696. The molecule has 0 radical (unpaired) electrons. The zero-order valence-electron chi connectivity index (χ0n) is 17.7. The van der Waals surface area contributed by atoms with Gasteiger partial charge in [0.2, 0.25) is 5.91 Å². The zero-order valence-corrected chi connectivity index (χ0v) is 17.7. The molecule has 27 heavy (non-hydrogen) atoms. The lowest BCUT2D eigenvalue weighted by molar-refractivity contribution is -0.130. The molecule has 4 heteroatoms. The Kier molecular flexibility index (Phi) is 9.85. The highest BCUT2D eigenvalue weighted by atomic mass is 16.2. The summed E-state index contributed by atoms with van der Waals surface area (Å²) in [5, 5.41) is 3.31. The van der Waals surface area contributed by atoms with Crippen LogP contribution in [0.2, 0.25) is 0 Å². The minimum atomic E-state index is 0.314. The lowest BCUT2D eigenvalue weighted by Gasteiger charge is -2.29. The van der Waals surface area contributed by atoms with Crippen LogP contribution in [-0.2, 0) is 17.6 Å². The van der Waals surface area contributed by atoms with Gasteiger partial charge in [-0.2, -0.15) is 0 Å². The van der Waals surface area contributed by atoms with E-state index in [9.17, 15) is 4.79 Å². The van der Waals surface area contributed by atoms with Crippen LogP contribution in [0.3, 0.4) is 0 Å². The van der Waals surface area contributed by atoms with Gasteiger partial charge in [0.05, 0.1) is 0 Å². The lowest BCUT2D eigenvalue weighted by Crippen LogP contribution is -2.37. The van der Waals surface area contributed by atoms with Crippen molar-refractivity contribution in [1.82, 2.24) is 15.1 Å². The standard InChI is InChI=1S/C23H39N3O/c1-4-15-25(20(3)19-22-10-8-21(5-2)9-11-22)16-6-7-17-26-18-14-24-13-12-23(26)27/h8-11,20,24H,4-7,12-19H2,1-3H3. The molecule has 0 saturated carbocycles. The highest BCUT2D eigenvalue weighted by molar-refractivity contribution is 5.76. The molecule has 1 fully saturated rings. The summed E-state index contributed by atoms with van der Waals surface area (Å²) < 4.78 is 0. The molecule has 152 valence electrons. The van der Waals surface area contributed by atoms with Crippen LogP contribution in [0.4, 0.5) is 0 Å². The van der Waals surface area contributed by atoms with Gasteiger partial charge in [0.1, 0.15) is 0 Å². The van der Waals surface area contributed by atoms with Crippen molar-refractivity contribution >= 4 is 5.91 Å². The number of unbranched alkanes of at least 4 members (excludes halogenated alkanes) is 1. The number of benzene rings is 1. The van der Waals surface area contributed by atoms with Crippen LogP contribution in [0.25, 0.3) is 0 Å². The van der Waals surface area contributed by atoms with Crippen molar-refractivity contribution in [2.45, 2.75) is 65.3 Å². The van der Waals surface area contributed by atoms with E-state index in [2.05, 4.69) is 55.3 Å². The van der Waals surface area contributed by atoms with Crippen molar-refractivity contribution in [2.24, 2.45) is 0 Å². The van der Waals surface area contributed by atoms with Crippen LogP contribution in [0, 0.1) is 0 Å². The van der Waals surface area contributed by atoms with Crippen LogP contribution in [0.15, 0.2) is 24.3 Å². The fourth-order valence-electron chi connectivity index (χ4n) is 3.89. The van der Waals surface area contributed by atoms with Crippen molar-refractivity contribution in [2.75, 3.05) is 39.3 Å². The molecule has 1 amide bonds. The summed E-state index contributed by atoms with van der Waals surface area (Å²) in [7, 11) is 0. The molecule has 1 aliphatic heterocycles. The van der Waals surface area contributed by atoms with E-state index in [1.807, 2.05) is 4.90 Å². The molecule has 0 spiro atoms. The third-order valence-electron chi connectivity index (χ3n) is 5.65. The Labute approximate surface area is 166 Å². The molecule has 1 aromatic carbocycles. The average Bonchev–Trinajstić information content (AvgIpc) is 2.89. The minimum absolute atomic E-state index is 0.314.